The molecule has 0 saturated carbocycles. The number of rotatable bonds is 4. The van der Waals surface area contributed by atoms with Crippen LogP contribution in [0.1, 0.15) is 20.3 Å². The van der Waals surface area contributed by atoms with Crippen LogP contribution in [0.2, 0.25) is 0 Å². The molecule has 0 bridgehead atoms. The molecule has 0 aliphatic heterocycles. The molecule has 1 amide bonds. The highest BCUT2D eigenvalue weighted by atomic mass is 16.3. The molecule has 4 nitrogen and oxygen atoms in total. The number of amides is 1. The fourth-order valence-corrected chi connectivity index (χ4v) is 1.78. The maximum Gasteiger partial charge on any atom is 0.225 e. The van der Waals surface area contributed by atoms with Gasteiger partial charge < -0.3 is 15.5 Å². The molecule has 0 aliphatic rings. The van der Waals surface area contributed by atoms with E-state index in [0.717, 1.165) is 11.0 Å². The number of hydrogen-bond acceptors (Lipinski definition) is 3. The van der Waals surface area contributed by atoms with Gasteiger partial charge in [-0.25, -0.2) is 0 Å². The van der Waals surface area contributed by atoms with Crippen LogP contribution in [0.5, 0.6) is 0 Å². The predicted molar refractivity (Wildman–Crippen MR) is 72.3 cm³/mol. The van der Waals surface area contributed by atoms with E-state index in [2.05, 4.69) is 5.32 Å². The molecule has 2 rings (SSSR count). The van der Waals surface area contributed by atoms with Crippen molar-refractivity contribution in [3.63, 3.8) is 0 Å². The van der Waals surface area contributed by atoms with Gasteiger partial charge in [-0.15, -0.1) is 0 Å². The number of fused-ring (bicyclic) bond motifs is 1. The average molecular weight is 246 g/mol. The normalized spacial score (nSPS) is 11.7. The van der Waals surface area contributed by atoms with E-state index in [1.165, 1.54) is 0 Å². The van der Waals surface area contributed by atoms with Gasteiger partial charge in [-0.2, -0.15) is 0 Å². The lowest BCUT2D eigenvalue weighted by atomic mass is 9.89. The van der Waals surface area contributed by atoms with Crippen molar-refractivity contribution >= 4 is 22.6 Å². The number of benzene rings is 1. The van der Waals surface area contributed by atoms with E-state index < -0.39 is 0 Å². The number of carbonyl (C=O) groups excluding carboxylic acids is 1. The Labute approximate surface area is 106 Å². The maximum atomic E-state index is 11.9. The van der Waals surface area contributed by atoms with Gasteiger partial charge >= 0.3 is 0 Å². The lowest BCUT2D eigenvalue weighted by Crippen LogP contribution is -2.29. The Bertz CT molecular complexity index is 558. The Morgan fingerprint density at radius 3 is 2.83 bits per heavy atom. The summed E-state index contributed by atoms with van der Waals surface area (Å²) in [5.74, 6) is -0.0444. The summed E-state index contributed by atoms with van der Waals surface area (Å²) in [5, 5.41) is 3.78. The number of para-hydroxylation sites is 1. The van der Waals surface area contributed by atoms with Gasteiger partial charge in [-0.05, 0) is 24.1 Å². The molecule has 3 N–H and O–H groups in total. The minimum Gasteiger partial charge on any atom is -0.462 e. The van der Waals surface area contributed by atoms with E-state index >= 15 is 0 Å². The van der Waals surface area contributed by atoms with Crippen molar-refractivity contribution < 1.29 is 9.21 Å². The Kier molecular flexibility index (Phi) is 3.39. The third kappa shape index (κ3) is 2.71. The second kappa shape index (κ2) is 4.82. The van der Waals surface area contributed by atoms with Crippen molar-refractivity contribution in [3.05, 3.63) is 30.5 Å². The van der Waals surface area contributed by atoms with Crippen molar-refractivity contribution in [1.82, 2.24) is 0 Å². The first-order valence-corrected chi connectivity index (χ1v) is 5.98. The van der Waals surface area contributed by atoms with Gasteiger partial charge in [-0.3, -0.25) is 4.79 Å². The van der Waals surface area contributed by atoms with Crippen LogP contribution in [0.4, 0.5) is 5.69 Å². The monoisotopic (exact) mass is 246 g/mol. The number of anilines is 1. The Morgan fingerprint density at radius 2 is 2.11 bits per heavy atom. The molecule has 0 unspecified atom stereocenters. The molecule has 0 fully saturated rings. The van der Waals surface area contributed by atoms with Crippen LogP contribution in [0.25, 0.3) is 11.0 Å². The number of carbonyl (C=O) groups is 1. The third-order valence-corrected chi connectivity index (χ3v) is 2.95. The van der Waals surface area contributed by atoms with Gasteiger partial charge in [0.1, 0.15) is 11.8 Å². The first-order chi connectivity index (χ1) is 8.52. The second-order valence-electron chi connectivity index (χ2n) is 5.24. The van der Waals surface area contributed by atoms with Gasteiger partial charge in [0.05, 0.1) is 5.69 Å². The topological polar surface area (TPSA) is 68.3 Å². The quantitative estimate of drug-likeness (QED) is 0.871. The smallest absolute Gasteiger partial charge is 0.225 e. The molecule has 18 heavy (non-hydrogen) atoms. The van der Waals surface area contributed by atoms with E-state index in [4.69, 9.17) is 10.2 Å². The first-order valence-electron chi connectivity index (χ1n) is 5.98. The summed E-state index contributed by atoms with van der Waals surface area (Å²) in [7, 11) is 0. The van der Waals surface area contributed by atoms with Crippen LogP contribution in [0, 0.1) is 5.41 Å². The molecule has 1 aromatic carbocycles. The molecule has 1 aromatic heterocycles. The van der Waals surface area contributed by atoms with E-state index in [0.29, 0.717) is 18.7 Å². The molecule has 2 aromatic rings. The van der Waals surface area contributed by atoms with E-state index in [-0.39, 0.29) is 11.3 Å². The molecule has 0 radical (unpaired) electrons. The minimum absolute atomic E-state index is 0.0444. The van der Waals surface area contributed by atoms with Crippen LogP contribution in [0.15, 0.2) is 34.9 Å². The van der Waals surface area contributed by atoms with E-state index in [1.807, 2.05) is 38.1 Å². The van der Waals surface area contributed by atoms with Gasteiger partial charge in [-0.1, -0.05) is 26.0 Å². The molecule has 4 heteroatoms. The Hall–Kier alpha value is -1.81. The van der Waals surface area contributed by atoms with Crippen molar-refractivity contribution in [1.29, 1.82) is 0 Å². The zero-order valence-electron chi connectivity index (χ0n) is 10.7. The average Bonchev–Trinajstić information content (AvgIpc) is 2.72. The standard InChI is InChI=1S/C14H18N2O2/c1-14(2,9-15)7-13(17)16-11-8-18-12-6-4-3-5-10(11)12/h3-6,8H,7,9,15H2,1-2H3,(H,16,17). The van der Waals surface area contributed by atoms with Crippen LogP contribution < -0.4 is 11.1 Å². The molecular weight excluding hydrogens is 228 g/mol. The zero-order valence-corrected chi connectivity index (χ0v) is 10.7. The van der Waals surface area contributed by atoms with Crippen molar-refractivity contribution in [2.45, 2.75) is 20.3 Å². The molecule has 96 valence electrons. The van der Waals surface area contributed by atoms with Crippen LogP contribution >= 0.6 is 0 Å². The van der Waals surface area contributed by atoms with E-state index in [1.54, 1.807) is 6.26 Å². The second-order valence-corrected chi connectivity index (χ2v) is 5.24. The fraction of sp³-hybridized carbons (Fsp3) is 0.357. The lowest BCUT2D eigenvalue weighted by molar-refractivity contribution is -0.117. The van der Waals surface area contributed by atoms with Crippen molar-refractivity contribution in [2.24, 2.45) is 11.1 Å². The number of furan rings is 1. The summed E-state index contributed by atoms with van der Waals surface area (Å²) in [6.45, 7) is 4.42. The highest BCUT2D eigenvalue weighted by molar-refractivity contribution is 6.00. The summed E-state index contributed by atoms with van der Waals surface area (Å²) in [6, 6.07) is 7.60. The molecule has 0 saturated heterocycles. The zero-order chi connectivity index (χ0) is 13.2. The molecule has 1 heterocycles. The first kappa shape index (κ1) is 12.6. The highest BCUT2D eigenvalue weighted by Gasteiger charge is 2.20. The SMILES string of the molecule is CC(C)(CN)CC(=O)Nc1coc2ccccc12. The van der Waals surface area contributed by atoms with Gasteiger partial charge in [0.2, 0.25) is 5.91 Å². The Balaban J connectivity index is 2.12. The van der Waals surface area contributed by atoms with Crippen molar-refractivity contribution in [2.75, 3.05) is 11.9 Å². The van der Waals surface area contributed by atoms with Crippen LogP contribution in [-0.2, 0) is 4.79 Å². The summed E-state index contributed by atoms with van der Waals surface area (Å²) in [5.41, 5.74) is 6.91. The summed E-state index contributed by atoms with van der Waals surface area (Å²) in [4.78, 5) is 11.9. The number of hydrogen-bond donors (Lipinski definition) is 2. The van der Waals surface area contributed by atoms with E-state index in [9.17, 15) is 4.79 Å². The van der Waals surface area contributed by atoms with Crippen LogP contribution in [0.3, 0.4) is 0 Å². The minimum atomic E-state index is -0.191. The Morgan fingerprint density at radius 1 is 1.39 bits per heavy atom. The molecular formula is C14H18N2O2. The molecule has 0 atom stereocenters. The number of nitrogens with two attached hydrogens (primary N) is 1. The van der Waals surface area contributed by atoms with Crippen molar-refractivity contribution in [3.8, 4) is 0 Å². The number of nitrogens with one attached hydrogen (secondary N) is 1. The molecule has 0 aliphatic carbocycles. The summed E-state index contributed by atoms with van der Waals surface area (Å²) >= 11 is 0. The largest absolute Gasteiger partial charge is 0.462 e. The maximum absolute atomic E-state index is 11.9. The van der Waals surface area contributed by atoms with Crippen LogP contribution in [-0.4, -0.2) is 12.5 Å². The predicted octanol–water partition coefficient (Wildman–Crippen LogP) is 2.75. The fourth-order valence-electron chi connectivity index (χ4n) is 1.78. The van der Waals surface area contributed by atoms with Gasteiger partial charge in [0.15, 0.2) is 0 Å². The third-order valence-electron chi connectivity index (χ3n) is 2.95. The summed E-state index contributed by atoms with van der Waals surface area (Å²) in [6.07, 6.45) is 1.96. The summed E-state index contributed by atoms with van der Waals surface area (Å²) < 4.78 is 5.37. The molecule has 0 spiro atoms. The van der Waals surface area contributed by atoms with Gasteiger partial charge in [0.25, 0.3) is 0 Å². The van der Waals surface area contributed by atoms with Gasteiger partial charge in [0, 0.05) is 11.8 Å². The lowest BCUT2D eigenvalue weighted by Gasteiger charge is -2.21. The highest BCUT2D eigenvalue weighted by Crippen LogP contribution is 2.26.